The number of hydrogen-bond donors (Lipinski definition) is 1. The second-order valence-corrected chi connectivity index (χ2v) is 12.4. The number of unbranched alkanes of at least 4 members (excludes halogenated alkanes) is 14. The molecule has 2 atom stereocenters. The molecule has 0 bridgehead atoms. The van der Waals surface area contributed by atoms with Crippen LogP contribution in [-0.4, -0.2) is 42.9 Å². The number of nitrogens with zero attached hydrogens (tertiary/aromatic N) is 1. The van der Waals surface area contributed by atoms with Gasteiger partial charge in [-0.1, -0.05) is 96.6 Å². The molecular formula is C27H57NO3P+. The minimum Gasteiger partial charge on any atom is -0.320 e. The summed E-state index contributed by atoms with van der Waals surface area (Å²) in [4.78, 5) is 10.4. The predicted molar refractivity (Wildman–Crippen MR) is 141 cm³/mol. The van der Waals surface area contributed by atoms with E-state index in [1.54, 1.807) is 0 Å². The van der Waals surface area contributed by atoms with Gasteiger partial charge in [-0.15, -0.1) is 0 Å². The van der Waals surface area contributed by atoms with E-state index in [1.807, 2.05) is 21.1 Å². The first kappa shape index (κ1) is 31.9. The molecule has 0 aliphatic rings. The summed E-state index contributed by atoms with van der Waals surface area (Å²) in [5.41, 5.74) is 0. The summed E-state index contributed by atoms with van der Waals surface area (Å²) < 4.78 is 18.6. The quantitative estimate of drug-likeness (QED) is 0.0696. The van der Waals surface area contributed by atoms with Crippen molar-refractivity contribution in [1.82, 2.24) is 0 Å². The second kappa shape index (κ2) is 20.2. The third-order valence-electron chi connectivity index (χ3n) is 6.25. The van der Waals surface area contributed by atoms with E-state index in [2.05, 4.69) is 26.0 Å². The molecule has 192 valence electrons. The van der Waals surface area contributed by atoms with Crippen LogP contribution in [0.4, 0.5) is 0 Å². The van der Waals surface area contributed by atoms with Crippen LogP contribution in [0.25, 0.3) is 0 Å². The van der Waals surface area contributed by atoms with E-state index in [-0.39, 0.29) is 5.78 Å². The lowest BCUT2D eigenvalue weighted by Crippen LogP contribution is -2.45. The van der Waals surface area contributed by atoms with Gasteiger partial charge in [-0.3, -0.25) is 4.57 Å². The zero-order chi connectivity index (χ0) is 24.1. The standard InChI is InChI=1S/C27H56NO3P/c1-6-8-9-10-11-12-13-14-15-16-17-18-19-20-21-22-23-24-26-31-32(29,30)27(25-7-2)28(3,4)5/h11-12,27H,6-10,13-26H2,1-5H3/p+1/b12-11-. The summed E-state index contributed by atoms with van der Waals surface area (Å²) in [6.45, 7) is 4.72. The summed E-state index contributed by atoms with van der Waals surface area (Å²) in [5.74, 6) is -0.334. The molecule has 1 N–H and O–H groups in total. The molecule has 0 saturated heterocycles. The average molecular weight is 475 g/mol. The van der Waals surface area contributed by atoms with Gasteiger partial charge in [0.15, 0.2) is 5.78 Å². The Hall–Kier alpha value is -0.150. The Morgan fingerprint density at radius 1 is 0.719 bits per heavy atom. The zero-order valence-corrected chi connectivity index (χ0v) is 23.2. The van der Waals surface area contributed by atoms with E-state index in [0.717, 1.165) is 19.3 Å². The van der Waals surface area contributed by atoms with Gasteiger partial charge in [-0.05, 0) is 38.5 Å². The van der Waals surface area contributed by atoms with Crippen molar-refractivity contribution in [3.8, 4) is 0 Å². The summed E-state index contributed by atoms with van der Waals surface area (Å²) >= 11 is 0. The van der Waals surface area contributed by atoms with Crippen LogP contribution in [0.2, 0.25) is 0 Å². The van der Waals surface area contributed by atoms with E-state index in [1.165, 1.54) is 89.9 Å². The molecule has 0 fully saturated rings. The van der Waals surface area contributed by atoms with Crippen molar-refractivity contribution in [3.05, 3.63) is 12.2 Å². The maximum atomic E-state index is 12.6. The summed E-state index contributed by atoms with van der Waals surface area (Å²) in [6.07, 6.45) is 26.9. The van der Waals surface area contributed by atoms with E-state index in [9.17, 15) is 9.46 Å². The molecule has 0 spiro atoms. The SMILES string of the molecule is CCCCC/C=C\CCCCCCCCCCCCCOP(=O)(O)C(CCC)[N+](C)(C)C. The molecule has 0 radical (unpaired) electrons. The molecular weight excluding hydrogens is 417 g/mol. The minimum absolute atomic E-state index is 0.334. The number of rotatable bonds is 23. The maximum absolute atomic E-state index is 12.6. The van der Waals surface area contributed by atoms with Crippen LogP contribution < -0.4 is 0 Å². The van der Waals surface area contributed by atoms with Gasteiger partial charge in [0.05, 0.1) is 27.7 Å². The van der Waals surface area contributed by atoms with Gasteiger partial charge in [0.2, 0.25) is 0 Å². The highest BCUT2D eigenvalue weighted by Crippen LogP contribution is 2.51. The summed E-state index contributed by atoms with van der Waals surface area (Å²) in [7, 11) is 2.35. The molecule has 5 heteroatoms. The third kappa shape index (κ3) is 18.3. The van der Waals surface area contributed by atoms with E-state index >= 15 is 0 Å². The average Bonchev–Trinajstić information content (AvgIpc) is 2.72. The zero-order valence-electron chi connectivity index (χ0n) is 22.3. The highest BCUT2D eigenvalue weighted by Gasteiger charge is 2.41. The molecule has 2 unspecified atom stereocenters. The Morgan fingerprint density at radius 2 is 1.16 bits per heavy atom. The van der Waals surface area contributed by atoms with E-state index in [4.69, 9.17) is 4.52 Å². The van der Waals surface area contributed by atoms with Gasteiger partial charge in [-0.2, -0.15) is 0 Å². The van der Waals surface area contributed by atoms with Crippen molar-refractivity contribution in [2.75, 3.05) is 27.7 Å². The lowest BCUT2D eigenvalue weighted by Gasteiger charge is -2.35. The Kier molecular flexibility index (Phi) is 20.1. The first-order valence-electron chi connectivity index (χ1n) is 13.7. The van der Waals surface area contributed by atoms with E-state index < -0.39 is 7.60 Å². The molecule has 32 heavy (non-hydrogen) atoms. The Labute approximate surface area is 201 Å². The van der Waals surface area contributed by atoms with E-state index in [0.29, 0.717) is 17.5 Å². The predicted octanol–water partition coefficient (Wildman–Crippen LogP) is 8.84. The molecule has 0 aromatic heterocycles. The van der Waals surface area contributed by atoms with Crippen molar-refractivity contribution < 1.29 is 18.5 Å². The number of hydrogen-bond acceptors (Lipinski definition) is 2. The van der Waals surface area contributed by atoms with Crippen LogP contribution in [0, 0.1) is 0 Å². The van der Waals surface area contributed by atoms with Crippen molar-refractivity contribution in [3.63, 3.8) is 0 Å². The van der Waals surface area contributed by atoms with Gasteiger partial charge in [0.1, 0.15) is 0 Å². The lowest BCUT2D eigenvalue weighted by molar-refractivity contribution is -0.883. The third-order valence-corrected chi connectivity index (χ3v) is 8.51. The van der Waals surface area contributed by atoms with Crippen LogP contribution >= 0.6 is 7.60 Å². The smallest absolute Gasteiger partial charge is 0.320 e. The van der Waals surface area contributed by atoms with Crippen molar-refractivity contribution in [1.29, 1.82) is 0 Å². The monoisotopic (exact) mass is 474 g/mol. The Bertz CT molecular complexity index is 488. The van der Waals surface area contributed by atoms with Gasteiger partial charge in [-0.25, -0.2) is 0 Å². The van der Waals surface area contributed by atoms with Gasteiger partial charge >= 0.3 is 7.60 Å². The van der Waals surface area contributed by atoms with Gasteiger partial charge < -0.3 is 13.9 Å². The largest absolute Gasteiger partial charge is 0.385 e. The summed E-state index contributed by atoms with van der Waals surface area (Å²) in [5, 5.41) is 0. The van der Waals surface area contributed by atoms with Crippen molar-refractivity contribution in [2.24, 2.45) is 0 Å². The highest BCUT2D eigenvalue weighted by atomic mass is 31.2. The molecule has 0 aromatic carbocycles. The molecule has 0 aliphatic heterocycles. The first-order valence-corrected chi connectivity index (χ1v) is 15.3. The molecule has 0 aromatic rings. The van der Waals surface area contributed by atoms with Crippen LogP contribution in [0.1, 0.15) is 129 Å². The van der Waals surface area contributed by atoms with Crippen LogP contribution in [0.15, 0.2) is 12.2 Å². The molecule has 0 amide bonds. The molecule has 0 rings (SSSR count). The normalized spacial score (nSPS) is 15.3. The highest BCUT2D eigenvalue weighted by molar-refractivity contribution is 7.53. The fourth-order valence-electron chi connectivity index (χ4n) is 4.23. The molecule has 4 nitrogen and oxygen atoms in total. The van der Waals surface area contributed by atoms with Crippen LogP contribution in [-0.2, 0) is 9.09 Å². The Balaban J connectivity index is 3.52. The Morgan fingerprint density at radius 3 is 1.59 bits per heavy atom. The van der Waals surface area contributed by atoms with Crippen LogP contribution in [0.3, 0.4) is 0 Å². The maximum Gasteiger partial charge on any atom is 0.385 e. The lowest BCUT2D eigenvalue weighted by atomic mass is 10.1. The minimum atomic E-state index is -3.56. The molecule has 0 saturated carbocycles. The number of quaternary nitrogens is 1. The molecule has 0 heterocycles. The fraction of sp³-hybridized carbons (Fsp3) is 0.926. The van der Waals surface area contributed by atoms with Crippen LogP contribution in [0.5, 0.6) is 0 Å². The van der Waals surface area contributed by atoms with Crippen molar-refractivity contribution >= 4 is 7.60 Å². The first-order chi connectivity index (χ1) is 15.3. The second-order valence-electron chi connectivity index (χ2n) is 10.4. The number of allylic oxidation sites excluding steroid dienone is 2. The van der Waals surface area contributed by atoms with Crippen molar-refractivity contribution in [2.45, 2.75) is 135 Å². The van der Waals surface area contributed by atoms with Gasteiger partial charge in [0.25, 0.3) is 0 Å². The van der Waals surface area contributed by atoms with Gasteiger partial charge in [0, 0.05) is 6.42 Å². The molecule has 0 aliphatic carbocycles. The fourth-order valence-corrected chi connectivity index (χ4v) is 6.25. The topological polar surface area (TPSA) is 46.5 Å². The summed E-state index contributed by atoms with van der Waals surface area (Å²) in [6, 6.07) is 0.